The number of nitriles is 1. The molecule has 1 aliphatic heterocycles. The highest BCUT2D eigenvalue weighted by molar-refractivity contribution is 7.89. The summed E-state index contributed by atoms with van der Waals surface area (Å²) in [6.07, 6.45) is 3.15. The molecule has 1 amide bonds. The summed E-state index contributed by atoms with van der Waals surface area (Å²) >= 11 is 0. The summed E-state index contributed by atoms with van der Waals surface area (Å²) in [5.74, 6) is -0.502. The van der Waals surface area contributed by atoms with Gasteiger partial charge in [-0.3, -0.25) is 4.79 Å². The molecule has 27 heavy (non-hydrogen) atoms. The highest BCUT2D eigenvalue weighted by Gasteiger charge is 2.27. The van der Waals surface area contributed by atoms with E-state index in [-0.39, 0.29) is 10.5 Å². The minimum atomic E-state index is -3.58. The lowest BCUT2D eigenvalue weighted by molar-refractivity contribution is 0.0955. The van der Waals surface area contributed by atoms with Crippen LogP contribution in [-0.2, 0) is 10.0 Å². The minimum Gasteiger partial charge on any atom is -0.267 e. The van der Waals surface area contributed by atoms with Gasteiger partial charge in [0.15, 0.2) is 0 Å². The second kappa shape index (κ2) is 8.12. The summed E-state index contributed by atoms with van der Waals surface area (Å²) in [4.78, 5) is 12.4. The zero-order chi connectivity index (χ0) is 19.3. The lowest BCUT2D eigenvalue weighted by Gasteiger charge is -2.15. The zero-order valence-electron chi connectivity index (χ0n) is 14.5. The quantitative estimate of drug-likeness (QED) is 0.632. The van der Waals surface area contributed by atoms with Gasteiger partial charge in [-0.25, -0.2) is 13.8 Å². The van der Waals surface area contributed by atoms with E-state index in [0.29, 0.717) is 18.7 Å². The number of nitrogens with one attached hydrogen (secondary N) is 1. The van der Waals surface area contributed by atoms with E-state index >= 15 is 0 Å². The fourth-order valence-electron chi connectivity index (χ4n) is 2.75. The number of carbonyl (C=O) groups is 1. The van der Waals surface area contributed by atoms with Gasteiger partial charge in [-0.2, -0.15) is 14.7 Å². The van der Waals surface area contributed by atoms with Gasteiger partial charge in [0.05, 0.1) is 22.7 Å². The molecule has 7 nitrogen and oxygen atoms in total. The van der Waals surface area contributed by atoms with E-state index in [1.807, 2.05) is 6.07 Å². The Morgan fingerprint density at radius 3 is 2.52 bits per heavy atom. The molecular formula is C19H18N4O3S. The number of sulfonamides is 1. The standard InChI is InChI=1S/C19H18N4O3S/c20-13-15-6-8-16(9-7-15)14-21-22-19(24)17-4-3-5-18(12-17)27(25,26)23-10-1-2-11-23/h3-9,12,14H,1-2,10-11H2,(H,22,24)/b21-14+. The van der Waals surface area contributed by atoms with Crippen molar-refractivity contribution in [2.24, 2.45) is 5.10 Å². The topological polar surface area (TPSA) is 103 Å². The van der Waals surface area contributed by atoms with Crippen molar-refractivity contribution in [2.45, 2.75) is 17.7 Å². The molecule has 3 rings (SSSR count). The van der Waals surface area contributed by atoms with Gasteiger partial charge in [-0.1, -0.05) is 18.2 Å². The summed E-state index contributed by atoms with van der Waals surface area (Å²) in [7, 11) is -3.58. The van der Waals surface area contributed by atoms with Crippen molar-refractivity contribution in [2.75, 3.05) is 13.1 Å². The molecule has 1 fully saturated rings. The first-order valence-corrected chi connectivity index (χ1v) is 9.88. The number of rotatable bonds is 5. The summed E-state index contributed by atoms with van der Waals surface area (Å²) in [6.45, 7) is 1.02. The average Bonchev–Trinajstić information content (AvgIpc) is 3.24. The lowest BCUT2D eigenvalue weighted by Crippen LogP contribution is -2.28. The maximum Gasteiger partial charge on any atom is 0.271 e. The normalized spacial score (nSPS) is 14.9. The van der Waals surface area contributed by atoms with Crippen LogP contribution in [0.3, 0.4) is 0 Å². The molecule has 0 radical (unpaired) electrons. The number of hydrogen-bond donors (Lipinski definition) is 1. The molecule has 0 saturated carbocycles. The van der Waals surface area contributed by atoms with Crippen LogP contribution in [0.5, 0.6) is 0 Å². The van der Waals surface area contributed by atoms with Crippen molar-refractivity contribution < 1.29 is 13.2 Å². The van der Waals surface area contributed by atoms with Crippen molar-refractivity contribution in [3.05, 3.63) is 65.2 Å². The van der Waals surface area contributed by atoms with E-state index in [9.17, 15) is 13.2 Å². The minimum absolute atomic E-state index is 0.105. The first kappa shape index (κ1) is 18.8. The Morgan fingerprint density at radius 2 is 1.85 bits per heavy atom. The van der Waals surface area contributed by atoms with Crippen LogP contribution in [0.1, 0.15) is 34.3 Å². The van der Waals surface area contributed by atoms with Crippen LogP contribution in [0.2, 0.25) is 0 Å². The van der Waals surface area contributed by atoms with Crippen LogP contribution in [0.25, 0.3) is 0 Å². The van der Waals surface area contributed by atoms with E-state index in [1.54, 1.807) is 30.3 Å². The molecule has 1 aliphatic rings. The Hall–Kier alpha value is -3.02. The Labute approximate surface area is 158 Å². The molecular weight excluding hydrogens is 364 g/mol. The first-order valence-electron chi connectivity index (χ1n) is 8.44. The van der Waals surface area contributed by atoms with Crippen LogP contribution >= 0.6 is 0 Å². The smallest absolute Gasteiger partial charge is 0.267 e. The van der Waals surface area contributed by atoms with Crippen LogP contribution in [0, 0.1) is 11.3 Å². The molecule has 1 saturated heterocycles. The Kier molecular flexibility index (Phi) is 5.64. The van der Waals surface area contributed by atoms with Crippen LogP contribution in [0.15, 0.2) is 58.5 Å². The molecule has 1 heterocycles. The molecule has 0 spiro atoms. The molecule has 1 N–H and O–H groups in total. The molecule has 138 valence electrons. The summed E-state index contributed by atoms with van der Waals surface area (Å²) in [5.41, 5.74) is 3.85. The summed E-state index contributed by atoms with van der Waals surface area (Å²) < 4.78 is 26.6. The molecule has 0 atom stereocenters. The van der Waals surface area contributed by atoms with Gasteiger partial charge in [-0.15, -0.1) is 0 Å². The number of amides is 1. The van der Waals surface area contributed by atoms with Crippen molar-refractivity contribution in [3.8, 4) is 6.07 Å². The number of carbonyl (C=O) groups excluding carboxylic acids is 1. The highest BCUT2D eigenvalue weighted by atomic mass is 32.2. The summed E-state index contributed by atoms with van der Waals surface area (Å²) in [6, 6.07) is 14.7. The predicted molar refractivity (Wildman–Crippen MR) is 101 cm³/mol. The van der Waals surface area contributed by atoms with Gasteiger partial charge in [0, 0.05) is 18.7 Å². The number of benzene rings is 2. The van der Waals surface area contributed by atoms with E-state index in [1.165, 1.54) is 28.7 Å². The maximum absolute atomic E-state index is 12.6. The van der Waals surface area contributed by atoms with E-state index in [4.69, 9.17) is 5.26 Å². The van der Waals surface area contributed by atoms with E-state index < -0.39 is 15.9 Å². The monoisotopic (exact) mass is 382 g/mol. The SMILES string of the molecule is N#Cc1ccc(/C=N/NC(=O)c2cccc(S(=O)(=O)N3CCCC3)c2)cc1. The van der Waals surface area contributed by atoms with Crippen molar-refractivity contribution >= 4 is 22.1 Å². The first-order chi connectivity index (χ1) is 13.0. The predicted octanol–water partition coefficient (Wildman–Crippen LogP) is 2.11. The Balaban J connectivity index is 1.70. The zero-order valence-corrected chi connectivity index (χ0v) is 15.3. The fraction of sp³-hybridized carbons (Fsp3) is 0.211. The average molecular weight is 382 g/mol. The van der Waals surface area contributed by atoms with Crippen LogP contribution in [-0.4, -0.2) is 37.9 Å². The molecule has 2 aromatic rings. The number of nitrogens with zero attached hydrogens (tertiary/aromatic N) is 3. The lowest BCUT2D eigenvalue weighted by atomic mass is 10.2. The Morgan fingerprint density at radius 1 is 1.15 bits per heavy atom. The van der Waals surface area contributed by atoms with Crippen molar-refractivity contribution in [1.82, 2.24) is 9.73 Å². The van der Waals surface area contributed by atoms with Gasteiger partial charge in [-0.05, 0) is 48.7 Å². The molecule has 0 aliphatic carbocycles. The number of hydrogen-bond acceptors (Lipinski definition) is 5. The second-order valence-corrected chi connectivity index (χ2v) is 8.01. The van der Waals surface area contributed by atoms with E-state index in [2.05, 4.69) is 10.5 Å². The number of hydrazone groups is 1. The molecule has 2 aromatic carbocycles. The van der Waals surface area contributed by atoms with Crippen molar-refractivity contribution in [1.29, 1.82) is 5.26 Å². The largest absolute Gasteiger partial charge is 0.271 e. The van der Waals surface area contributed by atoms with Crippen LogP contribution < -0.4 is 5.43 Å². The van der Waals surface area contributed by atoms with Crippen molar-refractivity contribution in [3.63, 3.8) is 0 Å². The third-order valence-corrected chi connectivity index (χ3v) is 6.11. The third kappa shape index (κ3) is 4.39. The molecule has 0 bridgehead atoms. The maximum atomic E-state index is 12.6. The van der Waals surface area contributed by atoms with Gasteiger partial charge >= 0.3 is 0 Å². The fourth-order valence-corrected chi connectivity index (χ4v) is 4.31. The van der Waals surface area contributed by atoms with Gasteiger partial charge in [0.2, 0.25) is 10.0 Å². The molecule has 8 heteroatoms. The Bertz CT molecular complexity index is 1000. The van der Waals surface area contributed by atoms with Gasteiger partial charge in [0.25, 0.3) is 5.91 Å². The highest BCUT2D eigenvalue weighted by Crippen LogP contribution is 2.21. The third-order valence-electron chi connectivity index (χ3n) is 4.22. The van der Waals surface area contributed by atoms with E-state index in [0.717, 1.165) is 18.4 Å². The second-order valence-electron chi connectivity index (χ2n) is 6.07. The summed E-state index contributed by atoms with van der Waals surface area (Å²) in [5, 5.41) is 12.6. The molecule has 0 unspecified atom stereocenters. The van der Waals surface area contributed by atoms with Gasteiger partial charge in [0.1, 0.15) is 0 Å². The molecule has 0 aromatic heterocycles. The van der Waals surface area contributed by atoms with Crippen LogP contribution in [0.4, 0.5) is 0 Å². The van der Waals surface area contributed by atoms with Gasteiger partial charge < -0.3 is 0 Å².